The maximum atomic E-state index is 11.9. The van der Waals surface area contributed by atoms with Gasteiger partial charge in [0.15, 0.2) is 5.76 Å². The predicted octanol–water partition coefficient (Wildman–Crippen LogP) is 5.83. The number of benzene rings is 1. The molecule has 2 aromatic rings. The number of hydrogen-bond acceptors (Lipinski definition) is 6. The second-order valence-electron chi connectivity index (χ2n) is 6.12. The molecule has 1 heterocycles. The van der Waals surface area contributed by atoms with Gasteiger partial charge in [0, 0.05) is 30.3 Å². The number of thioether (sulfide) groups is 1. The molecule has 0 spiro atoms. The number of carbonyl (C=O) groups excluding carboxylic acids is 1. The third-order valence-corrected chi connectivity index (χ3v) is 5.06. The van der Waals surface area contributed by atoms with Crippen molar-refractivity contribution in [1.29, 1.82) is 0 Å². The van der Waals surface area contributed by atoms with Crippen molar-refractivity contribution in [3.63, 3.8) is 0 Å². The first-order valence-electron chi connectivity index (χ1n) is 9.53. The van der Waals surface area contributed by atoms with Crippen molar-refractivity contribution in [2.75, 3.05) is 30.8 Å². The number of oxazole rings is 1. The molecule has 0 atom stereocenters. The number of rotatable bonds is 8. The summed E-state index contributed by atoms with van der Waals surface area (Å²) < 4.78 is 11.1. The topological polar surface area (TPSA) is 55.6 Å². The second kappa shape index (κ2) is 13.8. The van der Waals surface area contributed by atoms with Crippen molar-refractivity contribution in [1.82, 2.24) is 4.98 Å². The predicted molar refractivity (Wildman–Crippen MR) is 128 cm³/mol. The minimum atomic E-state index is -0.331. The van der Waals surface area contributed by atoms with E-state index in [2.05, 4.69) is 16.8 Å². The standard InChI is InChI=1S/C19H23ClN2O3S.C4H6/c1-5-16(26-12-20)18-15(11-17(23)24-6-2)21-19(25-18)13-7-9-14(10-8-13)22(3)4;1-3-4-2/h5,7-10H,6,11-12H2,1-4H3;1-2H3/b16-5-;. The highest BCUT2D eigenvalue weighted by Crippen LogP contribution is 2.34. The smallest absolute Gasteiger partial charge is 0.312 e. The molecule has 0 radical (unpaired) electrons. The largest absolute Gasteiger partial charge is 0.466 e. The number of aromatic nitrogens is 1. The average Bonchev–Trinajstić information content (AvgIpc) is 3.15. The Balaban J connectivity index is 0.00000103. The fourth-order valence-corrected chi connectivity index (χ4v) is 3.30. The van der Waals surface area contributed by atoms with Crippen LogP contribution in [0.3, 0.4) is 0 Å². The Labute approximate surface area is 188 Å². The molecule has 2 rings (SSSR count). The van der Waals surface area contributed by atoms with Gasteiger partial charge in [-0.3, -0.25) is 4.79 Å². The van der Waals surface area contributed by atoms with Crippen molar-refractivity contribution in [3.8, 4) is 23.3 Å². The zero-order valence-corrected chi connectivity index (χ0v) is 20.0. The summed E-state index contributed by atoms with van der Waals surface area (Å²) in [6.45, 7) is 7.65. The van der Waals surface area contributed by atoms with E-state index in [1.807, 2.05) is 70.1 Å². The third kappa shape index (κ3) is 7.81. The molecule has 30 heavy (non-hydrogen) atoms. The second-order valence-corrected chi connectivity index (χ2v) is 7.73. The lowest BCUT2D eigenvalue weighted by molar-refractivity contribution is -0.142. The van der Waals surface area contributed by atoms with Crippen molar-refractivity contribution >= 4 is 39.9 Å². The van der Waals surface area contributed by atoms with Gasteiger partial charge in [0.05, 0.1) is 23.9 Å². The molecule has 0 saturated heterocycles. The van der Waals surface area contributed by atoms with Crippen LogP contribution in [0, 0.1) is 11.8 Å². The van der Waals surface area contributed by atoms with E-state index in [1.54, 1.807) is 6.92 Å². The Hall–Kier alpha value is -2.36. The molecule has 1 aromatic heterocycles. The van der Waals surface area contributed by atoms with Crippen molar-refractivity contribution in [3.05, 3.63) is 41.8 Å². The number of ether oxygens (including phenoxy) is 1. The van der Waals surface area contributed by atoms with Gasteiger partial charge in [-0.25, -0.2) is 4.98 Å². The molecule has 0 aliphatic heterocycles. The SMILES string of the molecule is C/C=C(\SCCl)c1oc(-c2ccc(N(C)C)cc2)nc1CC(=O)OCC.CC#CC. The van der Waals surface area contributed by atoms with E-state index >= 15 is 0 Å². The third-order valence-electron chi connectivity index (χ3n) is 3.89. The van der Waals surface area contributed by atoms with Crippen LogP contribution in [0.15, 0.2) is 34.8 Å². The number of nitrogens with zero attached hydrogens (tertiary/aromatic N) is 2. The van der Waals surface area contributed by atoms with Crippen LogP contribution in [0.1, 0.15) is 39.1 Å². The number of alkyl halides is 1. The fraction of sp³-hybridized carbons (Fsp3) is 0.391. The summed E-state index contributed by atoms with van der Waals surface area (Å²) in [5.74, 6) is 6.07. The van der Waals surface area contributed by atoms with E-state index in [9.17, 15) is 4.79 Å². The molecule has 7 heteroatoms. The summed E-state index contributed by atoms with van der Waals surface area (Å²) >= 11 is 7.30. The zero-order chi connectivity index (χ0) is 22.5. The molecular formula is C23H29ClN2O3S. The summed E-state index contributed by atoms with van der Waals surface area (Å²) in [4.78, 5) is 19.4. The van der Waals surface area contributed by atoms with Crippen LogP contribution in [-0.4, -0.2) is 36.9 Å². The minimum absolute atomic E-state index is 0.0582. The highest BCUT2D eigenvalue weighted by atomic mass is 35.5. The molecule has 5 nitrogen and oxygen atoms in total. The van der Waals surface area contributed by atoms with E-state index in [0.717, 1.165) is 16.2 Å². The lowest BCUT2D eigenvalue weighted by Gasteiger charge is -2.11. The van der Waals surface area contributed by atoms with Gasteiger partial charge in [0.2, 0.25) is 5.89 Å². The van der Waals surface area contributed by atoms with Crippen molar-refractivity contribution in [2.45, 2.75) is 34.1 Å². The first-order valence-corrected chi connectivity index (χ1v) is 11.1. The molecule has 0 amide bonds. The lowest BCUT2D eigenvalue weighted by Crippen LogP contribution is -2.09. The highest BCUT2D eigenvalue weighted by molar-refractivity contribution is 8.09. The quantitative estimate of drug-likeness (QED) is 0.287. The van der Waals surface area contributed by atoms with E-state index in [-0.39, 0.29) is 12.4 Å². The number of hydrogen-bond donors (Lipinski definition) is 0. The van der Waals surface area contributed by atoms with Crippen LogP contribution in [0.4, 0.5) is 5.69 Å². The Kier molecular flexibility index (Phi) is 11.8. The van der Waals surface area contributed by atoms with E-state index < -0.39 is 0 Å². The molecule has 0 aliphatic rings. The summed E-state index contributed by atoms with van der Waals surface area (Å²) in [6.07, 6.45) is 1.96. The van der Waals surface area contributed by atoms with Crippen molar-refractivity contribution < 1.29 is 13.9 Å². The van der Waals surface area contributed by atoms with Gasteiger partial charge in [-0.05, 0) is 52.0 Å². The lowest BCUT2D eigenvalue weighted by atomic mass is 10.2. The molecule has 1 aromatic carbocycles. The number of anilines is 1. The molecule has 0 saturated carbocycles. The molecule has 0 fully saturated rings. The molecule has 0 N–H and O–H groups in total. The normalized spacial score (nSPS) is 10.4. The summed E-state index contributed by atoms with van der Waals surface area (Å²) in [6, 6.07) is 7.88. The number of allylic oxidation sites excluding steroid dienone is 1. The number of esters is 1. The van der Waals surface area contributed by atoms with Crippen LogP contribution in [-0.2, 0) is 16.0 Å². The van der Waals surface area contributed by atoms with Crippen LogP contribution < -0.4 is 4.90 Å². The van der Waals surface area contributed by atoms with Crippen LogP contribution in [0.5, 0.6) is 0 Å². The minimum Gasteiger partial charge on any atom is -0.466 e. The Morgan fingerprint density at radius 1 is 1.27 bits per heavy atom. The first-order chi connectivity index (χ1) is 14.4. The molecule has 0 bridgehead atoms. The van der Waals surface area contributed by atoms with Gasteiger partial charge in [-0.2, -0.15) is 0 Å². The molecule has 162 valence electrons. The van der Waals surface area contributed by atoms with Gasteiger partial charge >= 0.3 is 5.97 Å². The van der Waals surface area contributed by atoms with Crippen molar-refractivity contribution in [2.24, 2.45) is 0 Å². The summed E-state index contributed by atoms with van der Waals surface area (Å²) in [5, 5.41) is 0.381. The van der Waals surface area contributed by atoms with E-state index in [4.69, 9.17) is 20.8 Å². The first kappa shape index (κ1) is 25.7. The number of halogens is 1. The zero-order valence-electron chi connectivity index (χ0n) is 18.4. The van der Waals surface area contributed by atoms with Gasteiger partial charge in [-0.1, -0.05) is 6.08 Å². The summed E-state index contributed by atoms with van der Waals surface area (Å²) in [5.41, 5.74) is 2.48. The Morgan fingerprint density at radius 3 is 2.37 bits per heavy atom. The molecule has 0 unspecified atom stereocenters. The molecular weight excluding hydrogens is 420 g/mol. The van der Waals surface area contributed by atoms with E-state index in [1.165, 1.54) is 11.8 Å². The number of carbonyl (C=O) groups is 1. The van der Waals surface area contributed by atoms with Crippen LogP contribution in [0.25, 0.3) is 16.4 Å². The molecule has 0 aliphatic carbocycles. The summed E-state index contributed by atoms with van der Waals surface area (Å²) in [7, 11) is 3.97. The Bertz CT molecular complexity index is 887. The Morgan fingerprint density at radius 2 is 1.90 bits per heavy atom. The van der Waals surface area contributed by atoms with Gasteiger partial charge in [-0.15, -0.1) is 35.2 Å². The maximum Gasteiger partial charge on any atom is 0.312 e. The van der Waals surface area contributed by atoms with Gasteiger partial charge in [0.1, 0.15) is 0 Å². The monoisotopic (exact) mass is 448 g/mol. The highest BCUT2D eigenvalue weighted by Gasteiger charge is 2.21. The van der Waals surface area contributed by atoms with Crippen LogP contribution in [0.2, 0.25) is 0 Å². The average molecular weight is 449 g/mol. The maximum absolute atomic E-state index is 11.9. The van der Waals surface area contributed by atoms with Gasteiger partial charge in [0.25, 0.3) is 0 Å². The van der Waals surface area contributed by atoms with E-state index in [0.29, 0.717) is 29.2 Å². The fourth-order valence-electron chi connectivity index (χ4n) is 2.38. The van der Waals surface area contributed by atoms with Gasteiger partial charge < -0.3 is 14.1 Å². The van der Waals surface area contributed by atoms with Crippen LogP contribution >= 0.6 is 23.4 Å².